The van der Waals surface area contributed by atoms with E-state index in [0.29, 0.717) is 11.5 Å². The van der Waals surface area contributed by atoms with E-state index in [1.165, 1.54) is 12.8 Å². The molecule has 2 saturated heterocycles. The lowest BCUT2D eigenvalue weighted by atomic mass is 10.2. The van der Waals surface area contributed by atoms with Gasteiger partial charge in [0.15, 0.2) is 0 Å². The van der Waals surface area contributed by atoms with Crippen LogP contribution in [0.25, 0.3) is 0 Å². The van der Waals surface area contributed by atoms with Crippen molar-refractivity contribution in [2.75, 3.05) is 33.4 Å². The number of rotatable bonds is 6. The van der Waals surface area contributed by atoms with E-state index in [4.69, 9.17) is 4.74 Å². The first-order valence-corrected chi connectivity index (χ1v) is 7.82. The summed E-state index contributed by atoms with van der Waals surface area (Å²) in [6.45, 7) is 3.52. The molecule has 0 aromatic heterocycles. The van der Waals surface area contributed by atoms with Crippen LogP contribution in [0, 0.1) is 0 Å². The molecule has 0 aliphatic carbocycles. The van der Waals surface area contributed by atoms with E-state index >= 15 is 0 Å². The molecule has 0 unspecified atom stereocenters. The molecule has 2 rings (SSSR count). The van der Waals surface area contributed by atoms with Crippen molar-refractivity contribution in [2.24, 2.45) is 0 Å². The van der Waals surface area contributed by atoms with Crippen LogP contribution >= 0.6 is 11.8 Å². The Morgan fingerprint density at radius 3 is 2.76 bits per heavy atom. The van der Waals surface area contributed by atoms with E-state index in [1.807, 2.05) is 18.2 Å². The average Bonchev–Trinajstić information content (AvgIpc) is 3.05. The van der Waals surface area contributed by atoms with Crippen molar-refractivity contribution in [1.29, 1.82) is 0 Å². The highest BCUT2D eigenvalue weighted by Crippen LogP contribution is 2.25. The highest BCUT2D eigenvalue weighted by molar-refractivity contribution is 8.18. The number of carbonyl (C=O) groups is 2. The van der Waals surface area contributed by atoms with Crippen LogP contribution in [0.2, 0.25) is 0 Å². The number of hydrogen-bond donors (Lipinski definition) is 1. The Bertz CT molecular complexity index is 491. The zero-order valence-electron chi connectivity index (χ0n) is 12.1. The van der Waals surface area contributed by atoms with Gasteiger partial charge in [-0.2, -0.15) is 0 Å². The molecule has 5 nitrogen and oxygen atoms in total. The highest BCUT2D eigenvalue weighted by atomic mass is 32.2. The van der Waals surface area contributed by atoms with Crippen molar-refractivity contribution in [2.45, 2.75) is 12.8 Å². The second kappa shape index (κ2) is 8.17. The lowest BCUT2D eigenvalue weighted by molar-refractivity contribution is -0.115. The van der Waals surface area contributed by atoms with Crippen molar-refractivity contribution in [3.8, 4) is 0 Å². The van der Waals surface area contributed by atoms with Gasteiger partial charge in [-0.3, -0.25) is 19.8 Å². The quantitative estimate of drug-likeness (QED) is 0.601. The molecule has 0 saturated carbocycles. The number of hydrogen-bond acceptors (Lipinski definition) is 5. The van der Waals surface area contributed by atoms with Crippen LogP contribution in [-0.2, 0) is 9.53 Å². The maximum Gasteiger partial charge on any atom is 0.290 e. The molecule has 0 bridgehead atoms. The minimum atomic E-state index is -0.307. The monoisotopic (exact) mass is 308 g/mol. The minimum Gasteiger partial charge on any atom is -0.381 e. The molecule has 2 aliphatic heterocycles. The number of ether oxygens (including phenoxy) is 1. The summed E-state index contributed by atoms with van der Waals surface area (Å²) in [4.78, 5) is 25.7. The number of thioether (sulfide) groups is 1. The Morgan fingerprint density at radius 1 is 1.38 bits per heavy atom. The normalized spacial score (nSPS) is 22.7. The molecule has 21 heavy (non-hydrogen) atoms. The third-order valence-electron chi connectivity index (χ3n) is 3.27. The van der Waals surface area contributed by atoms with Crippen LogP contribution in [-0.4, -0.2) is 49.4 Å². The van der Waals surface area contributed by atoms with Gasteiger partial charge in [-0.1, -0.05) is 18.2 Å². The molecule has 2 fully saturated rings. The minimum absolute atomic E-state index is 0.304. The van der Waals surface area contributed by atoms with Crippen LogP contribution < -0.4 is 5.32 Å². The second-order valence-corrected chi connectivity index (χ2v) is 5.98. The van der Waals surface area contributed by atoms with Gasteiger partial charge in [0.25, 0.3) is 11.1 Å². The number of likely N-dealkylation sites (tertiary alicyclic amines) is 1. The van der Waals surface area contributed by atoms with Crippen LogP contribution in [0.1, 0.15) is 12.8 Å². The SMILES string of the molecule is COCC=CC=C(C=C1SC(=O)NC1=O)CN1CCCC1. The number of imide groups is 1. The number of carbonyl (C=O) groups excluding carboxylic acids is 2. The maximum atomic E-state index is 11.6. The Balaban J connectivity index is 2.08. The van der Waals surface area contributed by atoms with E-state index in [9.17, 15) is 9.59 Å². The van der Waals surface area contributed by atoms with E-state index in [1.54, 1.807) is 13.2 Å². The fourth-order valence-corrected chi connectivity index (χ4v) is 2.98. The summed E-state index contributed by atoms with van der Waals surface area (Å²) in [5, 5.41) is 1.98. The van der Waals surface area contributed by atoms with E-state index in [-0.39, 0.29) is 11.1 Å². The number of methoxy groups -OCH3 is 1. The first kappa shape index (κ1) is 16.0. The fraction of sp³-hybridized carbons (Fsp3) is 0.467. The molecule has 2 aliphatic rings. The first-order chi connectivity index (χ1) is 10.2. The zero-order valence-corrected chi connectivity index (χ0v) is 12.9. The van der Waals surface area contributed by atoms with Gasteiger partial charge in [-0.25, -0.2) is 0 Å². The molecular weight excluding hydrogens is 288 g/mol. The predicted octanol–water partition coefficient (Wildman–Crippen LogP) is 2.08. The molecular formula is C15H20N2O3S. The molecule has 2 amide bonds. The van der Waals surface area contributed by atoms with Gasteiger partial charge in [0.2, 0.25) is 0 Å². The maximum absolute atomic E-state index is 11.6. The van der Waals surface area contributed by atoms with Crippen LogP contribution in [0.15, 0.2) is 34.8 Å². The molecule has 0 aromatic carbocycles. The molecule has 6 heteroatoms. The van der Waals surface area contributed by atoms with Crippen molar-refractivity contribution in [3.63, 3.8) is 0 Å². The summed E-state index contributed by atoms with van der Waals surface area (Å²) >= 11 is 0.957. The van der Waals surface area contributed by atoms with Gasteiger partial charge in [0.05, 0.1) is 11.5 Å². The topological polar surface area (TPSA) is 58.6 Å². The fourth-order valence-electron chi connectivity index (χ4n) is 2.28. The van der Waals surface area contributed by atoms with Crippen LogP contribution in [0.5, 0.6) is 0 Å². The Morgan fingerprint density at radius 2 is 2.14 bits per heavy atom. The third-order valence-corrected chi connectivity index (χ3v) is 4.08. The molecule has 1 N–H and O–H groups in total. The number of amides is 2. The summed E-state index contributed by atoms with van der Waals surface area (Å²) in [6, 6.07) is 0. The first-order valence-electron chi connectivity index (χ1n) is 7.01. The van der Waals surface area contributed by atoms with Gasteiger partial charge in [-0.05, 0) is 49.3 Å². The Hall–Kier alpha value is -1.37. The second-order valence-electron chi connectivity index (χ2n) is 4.96. The van der Waals surface area contributed by atoms with Crippen molar-refractivity contribution in [1.82, 2.24) is 10.2 Å². The summed E-state index contributed by atoms with van der Waals surface area (Å²) in [5.74, 6) is -0.307. The largest absolute Gasteiger partial charge is 0.381 e. The van der Waals surface area contributed by atoms with Crippen molar-refractivity contribution in [3.05, 3.63) is 34.8 Å². The molecule has 114 valence electrons. The molecule has 0 atom stereocenters. The number of nitrogens with zero attached hydrogens (tertiary/aromatic N) is 1. The lowest BCUT2D eigenvalue weighted by Crippen LogP contribution is -2.22. The van der Waals surface area contributed by atoms with Gasteiger partial charge >= 0.3 is 0 Å². The zero-order chi connectivity index (χ0) is 15.1. The van der Waals surface area contributed by atoms with Gasteiger partial charge in [0, 0.05) is 13.7 Å². The number of allylic oxidation sites excluding steroid dienone is 2. The summed E-state index contributed by atoms with van der Waals surface area (Å²) in [5.41, 5.74) is 1.02. The molecule has 0 aromatic rings. The lowest BCUT2D eigenvalue weighted by Gasteiger charge is -2.15. The summed E-state index contributed by atoms with van der Waals surface area (Å²) in [6.07, 6.45) is 10.1. The molecule has 0 spiro atoms. The van der Waals surface area contributed by atoms with Crippen LogP contribution in [0.4, 0.5) is 4.79 Å². The predicted molar refractivity (Wildman–Crippen MR) is 84.0 cm³/mol. The van der Waals surface area contributed by atoms with Crippen molar-refractivity contribution < 1.29 is 14.3 Å². The molecule has 0 radical (unpaired) electrons. The third kappa shape index (κ3) is 5.15. The Kier molecular flexibility index (Phi) is 6.22. The average molecular weight is 308 g/mol. The van der Waals surface area contributed by atoms with Crippen LogP contribution in [0.3, 0.4) is 0 Å². The van der Waals surface area contributed by atoms with E-state index in [0.717, 1.165) is 37.0 Å². The number of nitrogens with one attached hydrogen (secondary N) is 1. The smallest absolute Gasteiger partial charge is 0.290 e. The van der Waals surface area contributed by atoms with E-state index in [2.05, 4.69) is 10.2 Å². The van der Waals surface area contributed by atoms with E-state index < -0.39 is 0 Å². The Labute approximate surface area is 129 Å². The van der Waals surface area contributed by atoms with Gasteiger partial charge in [0.1, 0.15) is 0 Å². The van der Waals surface area contributed by atoms with Crippen molar-refractivity contribution >= 4 is 22.9 Å². The van der Waals surface area contributed by atoms with Gasteiger partial charge in [-0.15, -0.1) is 0 Å². The molecule has 2 heterocycles. The summed E-state index contributed by atoms with van der Waals surface area (Å²) < 4.78 is 4.97. The van der Waals surface area contributed by atoms with Gasteiger partial charge < -0.3 is 4.74 Å². The standard InChI is InChI=1S/C15H20N2O3S/c1-20-9-5-2-6-12(11-17-7-3-4-8-17)10-13-14(18)16-15(19)21-13/h2,5-6,10H,3-4,7-9,11H2,1H3,(H,16,18,19). The summed E-state index contributed by atoms with van der Waals surface area (Å²) in [7, 11) is 1.65. The highest BCUT2D eigenvalue weighted by Gasteiger charge is 2.25.